The molecule has 0 aliphatic carbocycles. The summed E-state index contributed by atoms with van der Waals surface area (Å²) in [6.07, 6.45) is 0. The van der Waals surface area contributed by atoms with Gasteiger partial charge in [-0.1, -0.05) is 29.8 Å². The highest BCUT2D eigenvalue weighted by molar-refractivity contribution is 7.89. The first-order valence-corrected chi connectivity index (χ1v) is 13.7. The largest absolute Gasteiger partial charge is 0.334 e. The average molecular weight is 512 g/mol. The van der Waals surface area contributed by atoms with Crippen LogP contribution in [0.5, 0.6) is 0 Å². The summed E-state index contributed by atoms with van der Waals surface area (Å²) in [5, 5.41) is 2.93. The van der Waals surface area contributed by atoms with E-state index in [0.717, 1.165) is 21.3 Å². The number of halogens is 1. The predicted molar refractivity (Wildman–Crippen MR) is 136 cm³/mol. The molecule has 5 rings (SSSR count). The van der Waals surface area contributed by atoms with Crippen LogP contribution in [0.2, 0.25) is 0 Å². The molecule has 2 aromatic heterocycles. The normalized spacial score (nSPS) is 17.2. The Labute approximate surface area is 208 Å². The van der Waals surface area contributed by atoms with Gasteiger partial charge in [0.25, 0.3) is 5.91 Å². The van der Waals surface area contributed by atoms with E-state index >= 15 is 0 Å². The second-order valence-corrected chi connectivity index (χ2v) is 11.7. The average Bonchev–Trinajstić information content (AvgIpc) is 3.41. The summed E-state index contributed by atoms with van der Waals surface area (Å²) in [5.41, 5.74) is 2.29. The van der Waals surface area contributed by atoms with Gasteiger partial charge in [0.05, 0.1) is 4.90 Å². The van der Waals surface area contributed by atoms with Crippen LogP contribution >= 0.6 is 11.3 Å². The van der Waals surface area contributed by atoms with Gasteiger partial charge in [-0.25, -0.2) is 12.8 Å². The first kappa shape index (κ1) is 23.7. The third-order valence-electron chi connectivity index (χ3n) is 6.43. The number of amides is 1. The van der Waals surface area contributed by atoms with Gasteiger partial charge in [-0.2, -0.15) is 4.31 Å². The summed E-state index contributed by atoms with van der Waals surface area (Å²) in [6.45, 7) is 4.94. The maximum Gasteiger partial charge on any atom is 0.270 e. The monoisotopic (exact) mass is 511 g/mol. The molecule has 0 spiro atoms. The van der Waals surface area contributed by atoms with Gasteiger partial charge >= 0.3 is 0 Å². The molecule has 1 amide bonds. The van der Waals surface area contributed by atoms with Crippen LogP contribution in [0.15, 0.2) is 70.9 Å². The van der Waals surface area contributed by atoms with E-state index in [1.807, 2.05) is 42.0 Å². The summed E-state index contributed by atoms with van der Waals surface area (Å²) in [4.78, 5) is 16.6. The highest BCUT2D eigenvalue weighted by atomic mass is 32.2. The van der Waals surface area contributed by atoms with Crippen molar-refractivity contribution in [3.05, 3.63) is 88.7 Å². The molecule has 1 fully saturated rings. The fourth-order valence-corrected chi connectivity index (χ4v) is 7.13. The minimum Gasteiger partial charge on any atom is -0.334 e. The van der Waals surface area contributed by atoms with Crippen LogP contribution < -0.4 is 0 Å². The molecule has 9 heteroatoms. The second kappa shape index (κ2) is 9.22. The highest BCUT2D eigenvalue weighted by Gasteiger charge is 2.36. The van der Waals surface area contributed by atoms with Crippen molar-refractivity contribution in [2.75, 3.05) is 19.6 Å². The van der Waals surface area contributed by atoms with Gasteiger partial charge in [0.1, 0.15) is 16.3 Å². The number of hydrogen-bond acceptors (Lipinski definition) is 4. The van der Waals surface area contributed by atoms with Gasteiger partial charge in [-0.05, 0) is 61.2 Å². The molecule has 0 N–H and O–H groups in total. The number of rotatable bonds is 5. The Kier molecular flexibility index (Phi) is 6.25. The lowest BCUT2D eigenvalue weighted by Crippen LogP contribution is -2.55. The SMILES string of the molecule is Cc1ccc(S(=O)(=O)N2CCN(C(=O)c3cc4ccsc4n3Cc3cccc(F)c3)CC2C)cc1. The van der Waals surface area contributed by atoms with E-state index in [4.69, 9.17) is 0 Å². The van der Waals surface area contributed by atoms with E-state index in [1.54, 1.807) is 35.2 Å². The smallest absolute Gasteiger partial charge is 0.270 e. The predicted octanol–water partition coefficient (Wildman–Crippen LogP) is 4.73. The number of sulfonamides is 1. The van der Waals surface area contributed by atoms with Crippen LogP contribution in [-0.4, -0.2) is 53.8 Å². The molecule has 1 aliphatic heterocycles. The molecular formula is C26H26FN3O3S2. The lowest BCUT2D eigenvalue weighted by atomic mass is 10.2. The lowest BCUT2D eigenvalue weighted by molar-refractivity contribution is 0.0632. The first-order valence-electron chi connectivity index (χ1n) is 11.4. The van der Waals surface area contributed by atoms with Gasteiger partial charge in [0.15, 0.2) is 0 Å². The van der Waals surface area contributed by atoms with E-state index in [1.165, 1.54) is 27.8 Å². The lowest BCUT2D eigenvalue weighted by Gasteiger charge is -2.39. The Balaban J connectivity index is 1.39. The number of aryl methyl sites for hydroxylation is 1. The van der Waals surface area contributed by atoms with Crippen molar-refractivity contribution in [2.24, 2.45) is 0 Å². The summed E-state index contributed by atoms with van der Waals surface area (Å²) in [5.74, 6) is -0.464. The third kappa shape index (κ3) is 4.51. The summed E-state index contributed by atoms with van der Waals surface area (Å²) in [7, 11) is -3.65. The van der Waals surface area contributed by atoms with Crippen molar-refractivity contribution in [2.45, 2.75) is 31.3 Å². The van der Waals surface area contributed by atoms with Crippen LogP contribution in [0.25, 0.3) is 10.2 Å². The highest BCUT2D eigenvalue weighted by Crippen LogP contribution is 2.29. The summed E-state index contributed by atoms with van der Waals surface area (Å²) >= 11 is 1.54. The third-order valence-corrected chi connectivity index (χ3v) is 9.41. The number of fused-ring (bicyclic) bond motifs is 1. The van der Waals surface area contributed by atoms with Crippen LogP contribution in [0, 0.1) is 12.7 Å². The maximum atomic E-state index is 13.8. The van der Waals surface area contributed by atoms with E-state index in [0.29, 0.717) is 25.3 Å². The van der Waals surface area contributed by atoms with E-state index in [-0.39, 0.29) is 29.2 Å². The molecule has 6 nitrogen and oxygen atoms in total. The second-order valence-electron chi connectivity index (χ2n) is 8.96. The Morgan fingerprint density at radius 2 is 1.86 bits per heavy atom. The molecule has 2 aromatic carbocycles. The fraction of sp³-hybridized carbons (Fsp3) is 0.269. The number of benzene rings is 2. The van der Waals surface area contributed by atoms with Crippen LogP contribution in [0.4, 0.5) is 4.39 Å². The Hall–Kier alpha value is -3.01. The molecular weight excluding hydrogens is 485 g/mol. The molecule has 1 saturated heterocycles. The zero-order valence-corrected chi connectivity index (χ0v) is 21.2. The summed E-state index contributed by atoms with van der Waals surface area (Å²) < 4.78 is 43.6. The van der Waals surface area contributed by atoms with E-state index < -0.39 is 10.0 Å². The van der Waals surface area contributed by atoms with Crippen LogP contribution in [0.3, 0.4) is 0 Å². The fourth-order valence-electron chi connectivity index (χ4n) is 4.62. The van der Waals surface area contributed by atoms with E-state index in [2.05, 4.69) is 0 Å². The summed E-state index contributed by atoms with van der Waals surface area (Å²) in [6, 6.07) is 16.7. The zero-order chi connectivity index (χ0) is 24.7. The molecule has 1 aliphatic rings. The van der Waals surface area contributed by atoms with Crippen molar-refractivity contribution < 1.29 is 17.6 Å². The number of carbonyl (C=O) groups excluding carboxylic acids is 1. The number of piperazine rings is 1. The Bertz CT molecular complexity index is 1490. The van der Waals surface area contributed by atoms with Gasteiger partial charge < -0.3 is 9.47 Å². The van der Waals surface area contributed by atoms with Crippen LogP contribution in [0.1, 0.15) is 28.5 Å². The molecule has 4 aromatic rings. The minimum atomic E-state index is -3.65. The number of nitrogens with zero attached hydrogens (tertiary/aromatic N) is 3. The van der Waals surface area contributed by atoms with Crippen molar-refractivity contribution >= 4 is 37.5 Å². The maximum absolute atomic E-state index is 13.8. The van der Waals surface area contributed by atoms with Crippen molar-refractivity contribution in [3.63, 3.8) is 0 Å². The molecule has 0 bridgehead atoms. The number of hydrogen-bond donors (Lipinski definition) is 0. The number of carbonyl (C=O) groups is 1. The standard InChI is InChI=1S/C26H26FN3O3S2/c1-18-6-8-23(9-7-18)35(32,33)30-12-11-28(16-19(30)2)25(31)24-15-21-10-13-34-26(21)29(24)17-20-4-3-5-22(27)14-20/h3-10,13-15,19H,11-12,16-17H2,1-2H3. The number of thiophene rings is 1. The van der Waals surface area contributed by atoms with Crippen molar-refractivity contribution in [1.29, 1.82) is 0 Å². The Morgan fingerprint density at radius 3 is 2.57 bits per heavy atom. The zero-order valence-electron chi connectivity index (χ0n) is 19.5. The molecule has 182 valence electrons. The molecule has 1 atom stereocenters. The minimum absolute atomic E-state index is 0.149. The molecule has 0 radical (unpaired) electrons. The van der Waals surface area contributed by atoms with Gasteiger partial charge in [0, 0.05) is 37.6 Å². The topological polar surface area (TPSA) is 62.6 Å². The number of aromatic nitrogens is 1. The van der Waals surface area contributed by atoms with Crippen molar-refractivity contribution in [1.82, 2.24) is 13.8 Å². The molecule has 3 heterocycles. The quantitative estimate of drug-likeness (QED) is 0.389. The van der Waals surface area contributed by atoms with Crippen LogP contribution in [-0.2, 0) is 16.6 Å². The first-order chi connectivity index (χ1) is 16.7. The van der Waals surface area contributed by atoms with Crippen molar-refractivity contribution in [3.8, 4) is 0 Å². The van der Waals surface area contributed by atoms with Gasteiger partial charge in [-0.3, -0.25) is 4.79 Å². The molecule has 35 heavy (non-hydrogen) atoms. The van der Waals surface area contributed by atoms with Gasteiger partial charge in [-0.15, -0.1) is 11.3 Å². The molecule has 0 saturated carbocycles. The Morgan fingerprint density at radius 1 is 1.09 bits per heavy atom. The van der Waals surface area contributed by atoms with E-state index in [9.17, 15) is 17.6 Å². The van der Waals surface area contributed by atoms with Gasteiger partial charge in [0.2, 0.25) is 10.0 Å². The molecule has 1 unspecified atom stereocenters.